The van der Waals surface area contributed by atoms with Gasteiger partial charge in [-0.3, -0.25) is 4.79 Å². The summed E-state index contributed by atoms with van der Waals surface area (Å²) >= 11 is 0. The summed E-state index contributed by atoms with van der Waals surface area (Å²) in [7, 11) is 0. The summed E-state index contributed by atoms with van der Waals surface area (Å²) in [5.41, 5.74) is 6.00. The molecule has 2 unspecified atom stereocenters. The third-order valence-corrected chi connectivity index (χ3v) is 4.30. The molecule has 2 saturated heterocycles. The van der Waals surface area contributed by atoms with Crippen LogP contribution in [-0.4, -0.2) is 41.5 Å². The molecule has 2 aliphatic rings. The van der Waals surface area contributed by atoms with Crippen LogP contribution in [0.4, 0.5) is 0 Å². The molecule has 2 rings (SSSR count). The number of rotatable bonds is 4. The fourth-order valence-electron chi connectivity index (χ4n) is 3.13. The Kier molecular flexibility index (Phi) is 4.78. The Bertz CT molecular complexity index is 365. The van der Waals surface area contributed by atoms with Gasteiger partial charge in [0.2, 0.25) is 5.91 Å². The van der Waals surface area contributed by atoms with Crippen molar-refractivity contribution in [1.82, 2.24) is 10.2 Å². The van der Waals surface area contributed by atoms with Crippen LogP contribution in [0.1, 0.15) is 45.4 Å². The molecule has 5 heteroatoms. The van der Waals surface area contributed by atoms with E-state index in [0.717, 1.165) is 19.3 Å². The van der Waals surface area contributed by atoms with Gasteiger partial charge < -0.3 is 16.0 Å². The average Bonchev–Trinajstić information content (AvgIpc) is 3.03. The minimum atomic E-state index is -0.452. The number of nitriles is 1. The van der Waals surface area contributed by atoms with Gasteiger partial charge in [0.15, 0.2) is 0 Å². The first-order valence-corrected chi connectivity index (χ1v) is 7.33. The van der Waals surface area contributed by atoms with E-state index in [1.165, 1.54) is 12.8 Å². The molecule has 0 aromatic rings. The van der Waals surface area contributed by atoms with Crippen molar-refractivity contribution in [3.63, 3.8) is 0 Å². The maximum Gasteiger partial charge on any atom is 0.240 e. The molecule has 0 aromatic carbocycles. The molecule has 3 N–H and O–H groups in total. The summed E-state index contributed by atoms with van der Waals surface area (Å²) in [6.45, 7) is 2.87. The maximum absolute atomic E-state index is 12.2. The highest BCUT2D eigenvalue weighted by molar-refractivity contribution is 5.82. The van der Waals surface area contributed by atoms with Crippen LogP contribution in [-0.2, 0) is 4.79 Å². The zero-order valence-electron chi connectivity index (χ0n) is 11.6. The van der Waals surface area contributed by atoms with E-state index in [1.807, 2.05) is 0 Å². The summed E-state index contributed by atoms with van der Waals surface area (Å²) in [5, 5.41) is 12.5. The predicted octanol–water partition coefficient (Wildman–Crippen LogP) is 0.749. The largest absolute Gasteiger partial charge is 0.325 e. The SMILES string of the molecule is CC1CCC(CC[C@H](N)C(=O)N2CCC[C@H]2C#N)N1. The van der Waals surface area contributed by atoms with E-state index in [4.69, 9.17) is 11.0 Å². The Hall–Kier alpha value is -1.12. The number of carbonyl (C=O) groups excluding carboxylic acids is 1. The van der Waals surface area contributed by atoms with Crippen molar-refractivity contribution >= 4 is 5.91 Å². The van der Waals surface area contributed by atoms with Crippen molar-refractivity contribution < 1.29 is 4.79 Å². The van der Waals surface area contributed by atoms with E-state index in [0.29, 0.717) is 25.0 Å². The smallest absolute Gasteiger partial charge is 0.240 e. The van der Waals surface area contributed by atoms with E-state index in [-0.39, 0.29) is 11.9 Å². The van der Waals surface area contributed by atoms with Gasteiger partial charge in [0.05, 0.1) is 12.1 Å². The number of nitrogens with one attached hydrogen (secondary N) is 1. The van der Waals surface area contributed by atoms with Gasteiger partial charge in [-0.05, 0) is 45.4 Å². The van der Waals surface area contributed by atoms with Crippen LogP contribution in [0.2, 0.25) is 0 Å². The van der Waals surface area contributed by atoms with E-state index < -0.39 is 6.04 Å². The van der Waals surface area contributed by atoms with E-state index in [1.54, 1.807) is 4.90 Å². The van der Waals surface area contributed by atoms with Gasteiger partial charge in [0.1, 0.15) is 6.04 Å². The van der Waals surface area contributed by atoms with Crippen molar-refractivity contribution in [2.75, 3.05) is 6.54 Å². The quantitative estimate of drug-likeness (QED) is 0.785. The molecule has 0 aliphatic carbocycles. The van der Waals surface area contributed by atoms with Crippen LogP contribution in [0.3, 0.4) is 0 Å². The van der Waals surface area contributed by atoms with Crippen molar-refractivity contribution in [1.29, 1.82) is 5.26 Å². The van der Waals surface area contributed by atoms with Crippen LogP contribution >= 0.6 is 0 Å². The Morgan fingerprint density at radius 2 is 2.32 bits per heavy atom. The zero-order chi connectivity index (χ0) is 13.8. The molecule has 0 bridgehead atoms. The Balaban J connectivity index is 1.78. The molecule has 2 heterocycles. The van der Waals surface area contributed by atoms with Crippen molar-refractivity contribution in [2.45, 2.75) is 69.6 Å². The van der Waals surface area contributed by atoms with E-state index in [2.05, 4.69) is 18.3 Å². The molecule has 0 saturated carbocycles. The minimum Gasteiger partial charge on any atom is -0.325 e. The summed E-state index contributed by atoms with van der Waals surface area (Å²) in [6, 6.07) is 2.56. The van der Waals surface area contributed by atoms with Gasteiger partial charge in [0.25, 0.3) is 0 Å². The van der Waals surface area contributed by atoms with Crippen LogP contribution in [0.25, 0.3) is 0 Å². The second-order valence-electron chi connectivity index (χ2n) is 5.84. The van der Waals surface area contributed by atoms with Gasteiger partial charge in [-0.1, -0.05) is 0 Å². The highest BCUT2D eigenvalue weighted by Gasteiger charge is 2.32. The molecule has 2 fully saturated rings. The molecule has 106 valence electrons. The van der Waals surface area contributed by atoms with Crippen LogP contribution in [0.15, 0.2) is 0 Å². The molecular formula is C14H24N4O. The van der Waals surface area contributed by atoms with Gasteiger partial charge in [0, 0.05) is 18.6 Å². The third kappa shape index (κ3) is 3.46. The second kappa shape index (κ2) is 6.36. The highest BCUT2D eigenvalue weighted by Crippen LogP contribution is 2.20. The molecule has 0 spiro atoms. The number of nitrogens with zero attached hydrogens (tertiary/aromatic N) is 2. The standard InChI is InChI=1S/C14H24N4O/c1-10-4-5-11(17-10)6-7-13(16)14(19)18-8-2-3-12(18)9-15/h10-13,17H,2-8,16H2,1H3/t10?,11?,12-,13-/m0/s1. The zero-order valence-corrected chi connectivity index (χ0v) is 11.6. The van der Waals surface area contributed by atoms with Crippen LogP contribution < -0.4 is 11.1 Å². The number of amides is 1. The van der Waals surface area contributed by atoms with E-state index in [9.17, 15) is 4.79 Å². The molecule has 1 amide bonds. The Labute approximate surface area is 115 Å². The van der Waals surface area contributed by atoms with Crippen LogP contribution in [0.5, 0.6) is 0 Å². The molecule has 5 nitrogen and oxygen atoms in total. The van der Waals surface area contributed by atoms with Gasteiger partial charge in [-0.25, -0.2) is 0 Å². The van der Waals surface area contributed by atoms with Crippen molar-refractivity contribution in [3.8, 4) is 6.07 Å². The highest BCUT2D eigenvalue weighted by atomic mass is 16.2. The lowest BCUT2D eigenvalue weighted by molar-refractivity contribution is -0.132. The van der Waals surface area contributed by atoms with Crippen molar-refractivity contribution in [3.05, 3.63) is 0 Å². The monoisotopic (exact) mass is 264 g/mol. The minimum absolute atomic E-state index is 0.0462. The molecule has 19 heavy (non-hydrogen) atoms. The van der Waals surface area contributed by atoms with Gasteiger partial charge >= 0.3 is 0 Å². The fraction of sp³-hybridized carbons (Fsp3) is 0.857. The summed E-state index contributed by atoms with van der Waals surface area (Å²) < 4.78 is 0. The number of hydrogen-bond acceptors (Lipinski definition) is 4. The summed E-state index contributed by atoms with van der Waals surface area (Å²) in [4.78, 5) is 13.9. The van der Waals surface area contributed by atoms with Crippen molar-refractivity contribution in [2.24, 2.45) is 5.73 Å². The third-order valence-electron chi connectivity index (χ3n) is 4.30. The number of carbonyl (C=O) groups is 1. The van der Waals surface area contributed by atoms with Gasteiger partial charge in [-0.2, -0.15) is 5.26 Å². The fourth-order valence-corrected chi connectivity index (χ4v) is 3.13. The normalized spacial score (nSPS) is 32.3. The molecule has 4 atom stereocenters. The topological polar surface area (TPSA) is 82.2 Å². The number of nitrogens with two attached hydrogens (primary N) is 1. The van der Waals surface area contributed by atoms with Crippen LogP contribution in [0, 0.1) is 11.3 Å². The molecule has 0 aromatic heterocycles. The first kappa shape index (κ1) is 14.3. The lowest BCUT2D eigenvalue weighted by atomic mass is 10.0. The van der Waals surface area contributed by atoms with E-state index >= 15 is 0 Å². The average molecular weight is 264 g/mol. The molecular weight excluding hydrogens is 240 g/mol. The predicted molar refractivity (Wildman–Crippen MR) is 73.2 cm³/mol. The van der Waals surface area contributed by atoms with Gasteiger partial charge in [-0.15, -0.1) is 0 Å². The first-order chi connectivity index (χ1) is 9.11. The summed E-state index contributed by atoms with van der Waals surface area (Å²) in [5.74, 6) is -0.0462. The number of likely N-dealkylation sites (tertiary alicyclic amines) is 1. The molecule has 0 radical (unpaired) electrons. The lowest BCUT2D eigenvalue weighted by Crippen LogP contribution is -2.46. The maximum atomic E-state index is 12.2. The first-order valence-electron chi connectivity index (χ1n) is 7.33. The molecule has 2 aliphatic heterocycles. The Morgan fingerprint density at radius 1 is 1.53 bits per heavy atom. The second-order valence-corrected chi connectivity index (χ2v) is 5.84. The number of hydrogen-bond donors (Lipinski definition) is 2. The lowest BCUT2D eigenvalue weighted by Gasteiger charge is -2.24. The Morgan fingerprint density at radius 3 is 2.95 bits per heavy atom. The summed E-state index contributed by atoms with van der Waals surface area (Å²) in [6.07, 6.45) is 5.73.